The number of primary amides is 1. The van der Waals surface area contributed by atoms with E-state index in [1.807, 2.05) is 18.2 Å². The van der Waals surface area contributed by atoms with Crippen LogP contribution in [0.2, 0.25) is 0 Å². The van der Waals surface area contributed by atoms with Crippen molar-refractivity contribution in [1.29, 1.82) is 0 Å². The number of nitrogens with two attached hydrogens (primary N) is 1. The van der Waals surface area contributed by atoms with Crippen LogP contribution in [0.15, 0.2) is 54.6 Å². The monoisotopic (exact) mass is 337 g/mol. The van der Waals surface area contributed by atoms with E-state index in [1.165, 1.54) is 12.8 Å². The van der Waals surface area contributed by atoms with E-state index in [2.05, 4.69) is 22.8 Å². The van der Waals surface area contributed by atoms with Crippen LogP contribution in [0.5, 0.6) is 0 Å². The molecule has 1 atom stereocenters. The summed E-state index contributed by atoms with van der Waals surface area (Å²) in [6.07, 6.45) is 4.66. The van der Waals surface area contributed by atoms with Crippen LogP contribution in [0, 0.1) is 5.92 Å². The molecule has 3 amide bonds. The second-order valence-electron chi connectivity index (χ2n) is 6.48. The second-order valence-corrected chi connectivity index (χ2v) is 6.48. The van der Waals surface area contributed by atoms with E-state index in [0.717, 1.165) is 18.4 Å². The van der Waals surface area contributed by atoms with Gasteiger partial charge in [-0.15, -0.1) is 0 Å². The smallest absolute Gasteiger partial charge is 0.319 e. The fraction of sp³-hybridized carbons (Fsp3) is 0.300. The quantitative estimate of drug-likeness (QED) is 0.774. The van der Waals surface area contributed by atoms with Crippen molar-refractivity contribution in [3.63, 3.8) is 0 Å². The molecule has 0 bridgehead atoms. The van der Waals surface area contributed by atoms with Gasteiger partial charge in [-0.2, -0.15) is 0 Å². The molecule has 1 aliphatic carbocycles. The zero-order valence-electron chi connectivity index (χ0n) is 14.1. The van der Waals surface area contributed by atoms with E-state index in [0.29, 0.717) is 17.2 Å². The van der Waals surface area contributed by atoms with Crippen LogP contribution >= 0.6 is 0 Å². The van der Waals surface area contributed by atoms with Crippen LogP contribution < -0.4 is 16.4 Å². The van der Waals surface area contributed by atoms with Gasteiger partial charge in [0, 0.05) is 11.3 Å². The summed E-state index contributed by atoms with van der Waals surface area (Å²) < 4.78 is 0. The number of rotatable bonds is 5. The lowest BCUT2D eigenvalue weighted by Crippen LogP contribution is -2.36. The van der Waals surface area contributed by atoms with E-state index in [4.69, 9.17) is 5.73 Å². The maximum absolute atomic E-state index is 12.5. The van der Waals surface area contributed by atoms with Crippen LogP contribution in [0.1, 0.15) is 47.6 Å². The standard InChI is InChI=1S/C20H23N3O2/c21-19(24)16-11-6-12-17(13-16)22-20(25)23-18(15-9-4-5-10-15)14-7-2-1-3-8-14/h1-3,6-8,11-13,15,18H,4-5,9-10H2,(H2,21,24)(H2,22,23,25). The molecule has 0 heterocycles. The molecule has 1 unspecified atom stereocenters. The van der Waals surface area contributed by atoms with E-state index < -0.39 is 5.91 Å². The number of urea groups is 1. The van der Waals surface area contributed by atoms with Crippen molar-refractivity contribution in [2.75, 3.05) is 5.32 Å². The average Bonchev–Trinajstić information content (AvgIpc) is 3.15. The van der Waals surface area contributed by atoms with Gasteiger partial charge in [-0.05, 0) is 42.5 Å². The Morgan fingerprint density at radius 2 is 1.72 bits per heavy atom. The molecule has 1 aliphatic rings. The van der Waals surface area contributed by atoms with Gasteiger partial charge in [-0.3, -0.25) is 4.79 Å². The second kappa shape index (κ2) is 7.83. The summed E-state index contributed by atoms with van der Waals surface area (Å²) >= 11 is 0. The van der Waals surface area contributed by atoms with Crippen LogP contribution in [-0.2, 0) is 0 Å². The average molecular weight is 337 g/mol. The van der Waals surface area contributed by atoms with Crippen LogP contribution in [0.25, 0.3) is 0 Å². The molecule has 5 heteroatoms. The molecule has 2 aromatic rings. The Labute approximate surface area is 147 Å². The minimum absolute atomic E-state index is 0.0111. The Hall–Kier alpha value is -2.82. The molecule has 0 aromatic heterocycles. The molecule has 0 saturated heterocycles. The van der Waals surface area contributed by atoms with Crippen LogP contribution in [0.3, 0.4) is 0 Å². The molecular weight excluding hydrogens is 314 g/mol. The molecule has 0 spiro atoms. The number of amides is 3. The number of benzene rings is 2. The molecule has 1 fully saturated rings. The summed E-state index contributed by atoms with van der Waals surface area (Å²) in [5.74, 6) is -0.0673. The third-order valence-electron chi connectivity index (χ3n) is 4.72. The minimum atomic E-state index is -0.517. The molecule has 130 valence electrons. The topological polar surface area (TPSA) is 84.2 Å². The fourth-order valence-corrected chi connectivity index (χ4v) is 3.48. The fourth-order valence-electron chi connectivity index (χ4n) is 3.48. The number of carbonyl (C=O) groups is 2. The largest absolute Gasteiger partial charge is 0.366 e. The zero-order chi connectivity index (χ0) is 17.6. The molecule has 3 rings (SSSR count). The number of hydrogen-bond donors (Lipinski definition) is 3. The molecule has 5 nitrogen and oxygen atoms in total. The van der Waals surface area contributed by atoms with Gasteiger partial charge < -0.3 is 16.4 Å². The predicted octanol–water partition coefficient (Wildman–Crippen LogP) is 3.84. The van der Waals surface area contributed by atoms with Gasteiger partial charge in [0.2, 0.25) is 5.91 Å². The summed E-state index contributed by atoms with van der Waals surface area (Å²) in [6, 6.07) is 16.4. The van der Waals surface area contributed by atoms with E-state index in [9.17, 15) is 9.59 Å². The molecule has 25 heavy (non-hydrogen) atoms. The summed E-state index contributed by atoms with van der Waals surface area (Å²) in [6.45, 7) is 0. The summed E-state index contributed by atoms with van der Waals surface area (Å²) in [7, 11) is 0. The number of hydrogen-bond acceptors (Lipinski definition) is 2. The molecular formula is C20H23N3O2. The van der Waals surface area contributed by atoms with Crippen molar-refractivity contribution in [2.24, 2.45) is 11.7 Å². The van der Waals surface area contributed by atoms with Crippen molar-refractivity contribution in [1.82, 2.24) is 5.32 Å². The Balaban J connectivity index is 1.72. The number of anilines is 1. The van der Waals surface area contributed by atoms with Crippen LogP contribution in [0.4, 0.5) is 10.5 Å². The van der Waals surface area contributed by atoms with Gasteiger partial charge in [0.25, 0.3) is 0 Å². The minimum Gasteiger partial charge on any atom is -0.366 e. The van der Waals surface area contributed by atoms with Crippen molar-refractivity contribution in [2.45, 2.75) is 31.7 Å². The third kappa shape index (κ3) is 4.38. The highest BCUT2D eigenvalue weighted by atomic mass is 16.2. The Morgan fingerprint density at radius 1 is 1.00 bits per heavy atom. The summed E-state index contributed by atoms with van der Waals surface area (Å²) in [5, 5.41) is 5.91. The highest BCUT2D eigenvalue weighted by Gasteiger charge is 2.27. The van der Waals surface area contributed by atoms with Crippen molar-refractivity contribution >= 4 is 17.6 Å². The Morgan fingerprint density at radius 3 is 2.40 bits per heavy atom. The lowest BCUT2D eigenvalue weighted by molar-refractivity contribution is 0.1000. The summed E-state index contributed by atoms with van der Waals surface area (Å²) in [5.41, 5.74) is 7.32. The van der Waals surface area contributed by atoms with Gasteiger partial charge in [0.1, 0.15) is 0 Å². The van der Waals surface area contributed by atoms with Crippen LogP contribution in [-0.4, -0.2) is 11.9 Å². The first-order valence-electron chi connectivity index (χ1n) is 8.66. The van der Waals surface area contributed by atoms with Gasteiger partial charge in [0.05, 0.1) is 6.04 Å². The Kier molecular flexibility index (Phi) is 5.33. The van der Waals surface area contributed by atoms with Crippen molar-refractivity contribution in [3.8, 4) is 0 Å². The van der Waals surface area contributed by atoms with E-state index >= 15 is 0 Å². The first-order valence-corrected chi connectivity index (χ1v) is 8.66. The number of carbonyl (C=O) groups excluding carboxylic acids is 2. The summed E-state index contributed by atoms with van der Waals surface area (Å²) in [4.78, 5) is 23.8. The van der Waals surface area contributed by atoms with E-state index in [-0.39, 0.29) is 12.1 Å². The SMILES string of the molecule is NC(=O)c1cccc(NC(=O)NC(c2ccccc2)C2CCCC2)c1. The van der Waals surface area contributed by atoms with Crippen molar-refractivity contribution < 1.29 is 9.59 Å². The number of nitrogens with one attached hydrogen (secondary N) is 2. The highest BCUT2D eigenvalue weighted by molar-refractivity contribution is 5.95. The van der Waals surface area contributed by atoms with E-state index in [1.54, 1.807) is 24.3 Å². The first kappa shape index (κ1) is 17.0. The highest BCUT2D eigenvalue weighted by Crippen LogP contribution is 2.35. The van der Waals surface area contributed by atoms with Crippen molar-refractivity contribution in [3.05, 3.63) is 65.7 Å². The zero-order valence-corrected chi connectivity index (χ0v) is 14.1. The maximum Gasteiger partial charge on any atom is 0.319 e. The van der Waals surface area contributed by atoms with Gasteiger partial charge in [-0.1, -0.05) is 49.2 Å². The first-order chi connectivity index (χ1) is 12.1. The lowest BCUT2D eigenvalue weighted by Gasteiger charge is -2.25. The molecule has 4 N–H and O–H groups in total. The van der Waals surface area contributed by atoms with Gasteiger partial charge >= 0.3 is 6.03 Å². The normalized spacial score (nSPS) is 15.5. The lowest BCUT2D eigenvalue weighted by atomic mass is 9.92. The van der Waals surface area contributed by atoms with Gasteiger partial charge in [0.15, 0.2) is 0 Å². The predicted molar refractivity (Wildman–Crippen MR) is 98.3 cm³/mol. The molecule has 1 saturated carbocycles. The van der Waals surface area contributed by atoms with Gasteiger partial charge in [-0.25, -0.2) is 4.79 Å². The molecule has 2 aromatic carbocycles. The molecule has 0 aliphatic heterocycles. The third-order valence-corrected chi connectivity index (χ3v) is 4.72. The molecule has 0 radical (unpaired) electrons. The Bertz CT molecular complexity index is 740. The maximum atomic E-state index is 12.5.